The first-order chi connectivity index (χ1) is 9.31. The van der Waals surface area contributed by atoms with E-state index in [-0.39, 0.29) is 24.3 Å². The number of carbonyl (C=O) groups excluding carboxylic acids is 1. The van der Waals surface area contributed by atoms with Crippen molar-refractivity contribution in [1.29, 1.82) is 0 Å². The number of likely N-dealkylation sites (tertiary alicyclic amines) is 1. The number of carboxylic acids is 1. The molecule has 0 unspecified atom stereocenters. The zero-order valence-corrected chi connectivity index (χ0v) is 12.3. The lowest BCUT2D eigenvalue weighted by molar-refractivity contribution is -0.142. The van der Waals surface area contributed by atoms with Gasteiger partial charge in [0.25, 0.3) is 5.91 Å². The van der Waals surface area contributed by atoms with Crippen LogP contribution in [0.2, 0.25) is 0 Å². The van der Waals surface area contributed by atoms with Gasteiger partial charge in [-0.25, -0.2) is 0 Å². The summed E-state index contributed by atoms with van der Waals surface area (Å²) >= 11 is 0. The van der Waals surface area contributed by atoms with Gasteiger partial charge in [-0.05, 0) is 11.8 Å². The van der Waals surface area contributed by atoms with Crippen LogP contribution in [0.15, 0.2) is 6.20 Å². The maximum atomic E-state index is 12.6. The second-order valence-electron chi connectivity index (χ2n) is 5.89. The largest absolute Gasteiger partial charge is 0.481 e. The van der Waals surface area contributed by atoms with E-state index in [1.807, 2.05) is 20.8 Å². The number of aliphatic carboxylic acids is 1. The van der Waals surface area contributed by atoms with E-state index in [1.165, 1.54) is 0 Å². The number of carbonyl (C=O) groups is 2. The van der Waals surface area contributed by atoms with Crippen molar-refractivity contribution in [3.05, 3.63) is 17.5 Å². The van der Waals surface area contributed by atoms with Crippen LogP contribution in [0.5, 0.6) is 0 Å². The summed E-state index contributed by atoms with van der Waals surface area (Å²) in [6, 6.07) is 0. The lowest BCUT2D eigenvalue weighted by Gasteiger charge is -2.16. The van der Waals surface area contributed by atoms with Crippen LogP contribution in [0.25, 0.3) is 0 Å². The number of hydrogen-bond acceptors (Lipinski definition) is 3. The Morgan fingerprint density at radius 2 is 2.05 bits per heavy atom. The first kappa shape index (κ1) is 14.6. The highest BCUT2D eigenvalue weighted by Gasteiger charge is 2.38. The van der Waals surface area contributed by atoms with Crippen molar-refractivity contribution >= 4 is 11.9 Å². The van der Waals surface area contributed by atoms with Crippen LogP contribution >= 0.6 is 0 Å². The maximum absolute atomic E-state index is 12.6. The average Bonchev–Trinajstić information content (AvgIpc) is 2.91. The molecule has 2 atom stereocenters. The number of aromatic nitrogens is 2. The van der Waals surface area contributed by atoms with Gasteiger partial charge in [-0.2, -0.15) is 5.10 Å². The third-order valence-electron chi connectivity index (χ3n) is 3.85. The smallest absolute Gasteiger partial charge is 0.308 e. The highest BCUT2D eigenvalue weighted by molar-refractivity contribution is 5.96. The standard InChI is InChI=1S/C14H21N3O3/c1-8(2)12-11(6-16(4)15-12)13(18)17-5-9(3)10(7-17)14(19)20/h6,8-10H,5,7H2,1-4H3,(H,19,20)/t9-,10-/m1/s1. The Hall–Kier alpha value is -1.85. The van der Waals surface area contributed by atoms with E-state index in [0.717, 1.165) is 5.69 Å². The zero-order chi connectivity index (χ0) is 15.0. The van der Waals surface area contributed by atoms with E-state index >= 15 is 0 Å². The Morgan fingerprint density at radius 1 is 1.40 bits per heavy atom. The Bertz CT molecular complexity index is 536. The fourth-order valence-electron chi connectivity index (χ4n) is 2.72. The van der Waals surface area contributed by atoms with E-state index in [4.69, 9.17) is 5.11 Å². The van der Waals surface area contributed by atoms with Crippen molar-refractivity contribution in [3.8, 4) is 0 Å². The first-order valence-electron chi connectivity index (χ1n) is 6.86. The molecule has 0 bridgehead atoms. The van der Waals surface area contributed by atoms with Gasteiger partial charge < -0.3 is 10.0 Å². The van der Waals surface area contributed by atoms with Crippen LogP contribution < -0.4 is 0 Å². The molecule has 2 heterocycles. The van der Waals surface area contributed by atoms with Crippen LogP contribution in [-0.4, -0.2) is 44.8 Å². The molecule has 20 heavy (non-hydrogen) atoms. The van der Waals surface area contributed by atoms with Gasteiger partial charge in [-0.15, -0.1) is 0 Å². The van der Waals surface area contributed by atoms with Crippen LogP contribution in [0.1, 0.15) is 42.7 Å². The summed E-state index contributed by atoms with van der Waals surface area (Å²) in [4.78, 5) is 25.4. The van der Waals surface area contributed by atoms with Gasteiger partial charge in [0.1, 0.15) is 0 Å². The first-order valence-corrected chi connectivity index (χ1v) is 6.86. The topological polar surface area (TPSA) is 75.4 Å². The minimum Gasteiger partial charge on any atom is -0.481 e. The van der Waals surface area contributed by atoms with Crippen molar-refractivity contribution < 1.29 is 14.7 Å². The summed E-state index contributed by atoms with van der Waals surface area (Å²) in [5, 5.41) is 13.5. The molecule has 0 aliphatic carbocycles. The molecule has 6 heteroatoms. The normalized spacial score (nSPS) is 22.6. The summed E-state index contributed by atoms with van der Waals surface area (Å²) in [6.45, 7) is 6.63. The highest BCUT2D eigenvalue weighted by Crippen LogP contribution is 2.26. The number of carboxylic acid groups (broad SMARTS) is 1. The van der Waals surface area contributed by atoms with Gasteiger partial charge in [0, 0.05) is 26.3 Å². The summed E-state index contributed by atoms with van der Waals surface area (Å²) in [7, 11) is 1.79. The monoisotopic (exact) mass is 279 g/mol. The number of nitrogens with zero attached hydrogens (tertiary/aromatic N) is 3. The van der Waals surface area contributed by atoms with Crippen molar-refractivity contribution in [1.82, 2.24) is 14.7 Å². The Labute approximate surface area is 118 Å². The third-order valence-corrected chi connectivity index (χ3v) is 3.85. The lowest BCUT2D eigenvalue weighted by Crippen LogP contribution is -2.30. The molecular weight excluding hydrogens is 258 g/mol. The molecule has 110 valence electrons. The van der Waals surface area contributed by atoms with E-state index in [2.05, 4.69) is 5.10 Å². The van der Waals surface area contributed by atoms with Gasteiger partial charge in [-0.1, -0.05) is 20.8 Å². The molecule has 0 saturated carbocycles. The molecule has 1 aliphatic heterocycles. The minimum atomic E-state index is -0.830. The molecule has 0 spiro atoms. The molecule has 1 aliphatic rings. The van der Waals surface area contributed by atoms with E-state index in [0.29, 0.717) is 12.1 Å². The second-order valence-corrected chi connectivity index (χ2v) is 5.89. The number of amides is 1. The molecule has 1 aromatic heterocycles. The predicted molar refractivity (Wildman–Crippen MR) is 73.5 cm³/mol. The van der Waals surface area contributed by atoms with Crippen LogP contribution in [0.4, 0.5) is 0 Å². The van der Waals surface area contributed by atoms with E-state index in [1.54, 1.807) is 22.8 Å². The van der Waals surface area contributed by atoms with Crippen molar-refractivity contribution in [2.24, 2.45) is 18.9 Å². The molecule has 6 nitrogen and oxygen atoms in total. The highest BCUT2D eigenvalue weighted by atomic mass is 16.4. The fourth-order valence-corrected chi connectivity index (χ4v) is 2.72. The van der Waals surface area contributed by atoms with Gasteiger partial charge in [-0.3, -0.25) is 14.3 Å². The molecule has 1 fully saturated rings. The lowest BCUT2D eigenvalue weighted by atomic mass is 9.99. The van der Waals surface area contributed by atoms with Gasteiger partial charge in [0.2, 0.25) is 0 Å². The average molecular weight is 279 g/mol. The molecule has 0 aromatic carbocycles. The van der Waals surface area contributed by atoms with Crippen molar-refractivity contribution in [2.45, 2.75) is 26.7 Å². The minimum absolute atomic E-state index is 0.0179. The number of rotatable bonds is 3. The molecular formula is C14H21N3O3. The summed E-state index contributed by atoms with van der Waals surface area (Å²) in [6.07, 6.45) is 1.72. The number of aryl methyl sites for hydroxylation is 1. The Balaban J connectivity index is 2.23. The van der Waals surface area contributed by atoms with Crippen LogP contribution in [-0.2, 0) is 11.8 Å². The predicted octanol–water partition coefficient (Wildman–Crippen LogP) is 1.34. The van der Waals surface area contributed by atoms with Crippen LogP contribution in [0, 0.1) is 11.8 Å². The second kappa shape index (κ2) is 5.26. The van der Waals surface area contributed by atoms with Crippen molar-refractivity contribution in [3.63, 3.8) is 0 Å². The molecule has 2 rings (SSSR count). The SMILES string of the molecule is CC(C)c1nn(C)cc1C(=O)N1C[C@@H](C)[C@H](C(=O)O)C1. The summed E-state index contributed by atoms with van der Waals surface area (Å²) < 4.78 is 1.64. The van der Waals surface area contributed by atoms with E-state index < -0.39 is 11.9 Å². The molecule has 1 aromatic rings. The van der Waals surface area contributed by atoms with Gasteiger partial charge in [0.15, 0.2) is 0 Å². The van der Waals surface area contributed by atoms with E-state index in [9.17, 15) is 9.59 Å². The molecule has 0 radical (unpaired) electrons. The van der Waals surface area contributed by atoms with Gasteiger partial charge >= 0.3 is 5.97 Å². The summed E-state index contributed by atoms with van der Waals surface area (Å²) in [5.41, 5.74) is 1.35. The zero-order valence-electron chi connectivity index (χ0n) is 12.3. The fraction of sp³-hybridized carbons (Fsp3) is 0.643. The summed E-state index contributed by atoms with van der Waals surface area (Å²) in [5.74, 6) is -1.28. The van der Waals surface area contributed by atoms with Crippen LogP contribution in [0.3, 0.4) is 0 Å². The number of hydrogen-bond donors (Lipinski definition) is 1. The quantitative estimate of drug-likeness (QED) is 0.906. The molecule has 1 N–H and O–H groups in total. The van der Waals surface area contributed by atoms with Crippen molar-refractivity contribution in [2.75, 3.05) is 13.1 Å². The Kier molecular flexibility index (Phi) is 3.83. The molecule has 1 amide bonds. The molecule has 1 saturated heterocycles. The van der Waals surface area contributed by atoms with Gasteiger partial charge in [0.05, 0.1) is 17.2 Å². The Morgan fingerprint density at radius 3 is 2.55 bits per heavy atom. The maximum Gasteiger partial charge on any atom is 0.308 e. The third kappa shape index (κ3) is 2.55.